The number of para-hydroxylation sites is 1. The van der Waals surface area contributed by atoms with Crippen molar-refractivity contribution >= 4 is 15.9 Å². The largest absolute Gasteiger partial charge is 0.479 e. The summed E-state index contributed by atoms with van der Waals surface area (Å²) in [5, 5.41) is 12.0. The Hall–Kier alpha value is -2.89. The van der Waals surface area contributed by atoms with Crippen molar-refractivity contribution in [3.63, 3.8) is 0 Å². The zero-order valence-corrected chi connectivity index (χ0v) is 17.5. The predicted molar refractivity (Wildman–Crippen MR) is 110 cm³/mol. The van der Waals surface area contributed by atoms with Gasteiger partial charge < -0.3 is 10.1 Å². The first-order valence-electron chi connectivity index (χ1n) is 9.18. The molecule has 154 valence electrons. The van der Waals surface area contributed by atoms with Crippen molar-refractivity contribution in [2.45, 2.75) is 32.2 Å². The van der Waals surface area contributed by atoms with Gasteiger partial charge in [0, 0.05) is 6.54 Å². The van der Waals surface area contributed by atoms with Gasteiger partial charge in [0.05, 0.1) is 11.3 Å². The van der Waals surface area contributed by atoms with Crippen LogP contribution in [0, 0.1) is 17.2 Å². The monoisotopic (exact) mass is 415 g/mol. The first-order chi connectivity index (χ1) is 13.8. The fourth-order valence-corrected chi connectivity index (χ4v) is 3.40. The molecule has 0 aliphatic heterocycles. The van der Waals surface area contributed by atoms with Crippen LogP contribution in [0.2, 0.25) is 0 Å². The highest BCUT2D eigenvalue weighted by Gasteiger charge is 2.25. The Morgan fingerprint density at radius 2 is 1.72 bits per heavy atom. The van der Waals surface area contributed by atoms with Gasteiger partial charge in [-0.25, -0.2) is 13.1 Å². The van der Waals surface area contributed by atoms with Gasteiger partial charge in [-0.3, -0.25) is 4.79 Å². The van der Waals surface area contributed by atoms with Gasteiger partial charge in [0.15, 0.2) is 6.10 Å². The Morgan fingerprint density at radius 3 is 2.31 bits per heavy atom. The summed E-state index contributed by atoms with van der Waals surface area (Å²) in [5.74, 6) is -0.109. The Morgan fingerprint density at radius 1 is 1.10 bits per heavy atom. The molecule has 0 radical (unpaired) electrons. The van der Waals surface area contributed by atoms with Crippen molar-refractivity contribution in [2.75, 3.05) is 7.05 Å². The molecule has 0 saturated carbocycles. The van der Waals surface area contributed by atoms with E-state index in [9.17, 15) is 18.5 Å². The van der Waals surface area contributed by atoms with Crippen LogP contribution in [0.1, 0.15) is 30.5 Å². The number of hydrogen-bond donors (Lipinski definition) is 2. The Kier molecular flexibility index (Phi) is 7.76. The summed E-state index contributed by atoms with van der Waals surface area (Å²) in [4.78, 5) is 12.6. The number of carbonyl (C=O) groups is 1. The molecule has 7 nitrogen and oxygen atoms in total. The van der Waals surface area contributed by atoms with Crippen LogP contribution in [0.3, 0.4) is 0 Å². The smallest absolute Gasteiger partial charge is 0.261 e. The fourth-order valence-electron chi connectivity index (χ4n) is 2.63. The second kappa shape index (κ2) is 10.0. The minimum absolute atomic E-state index is 0.0995. The highest BCUT2D eigenvalue weighted by atomic mass is 32.2. The molecule has 2 aromatic rings. The lowest BCUT2D eigenvalue weighted by Gasteiger charge is -2.22. The molecule has 29 heavy (non-hydrogen) atoms. The van der Waals surface area contributed by atoms with Crippen molar-refractivity contribution in [1.82, 2.24) is 10.0 Å². The SMILES string of the molecule is CNS(=O)(=O)Cc1ccc(CNC(=O)C(Oc2ccccc2C#N)C(C)C)cc1. The summed E-state index contributed by atoms with van der Waals surface area (Å²) in [7, 11) is -1.95. The van der Waals surface area contributed by atoms with Gasteiger partial charge in [-0.05, 0) is 36.2 Å². The van der Waals surface area contributed by atoms with Crippen LogP contribution < -0.4 is 14.8 Å². The third kappa shape index (κ3) is 6.59. The molecule has 1 unspecified atom stereocenters. The van der Waals surface area contributed by atoms with Crippen molar-refractivity contribution in [1.29, 1.82) is 5.26 Å². The molecule has 0 aliphatic carbocycles. The molecule has 0 saturated heterocycles. The van der Waals surface area contributed by atoms with Crippen molar-refractivity contribution < 1.29 is 17.9 Å². The number of amides is 1. The van der Waals surface area contributed by atoms with E-state index in [4.69, 9.17) is 4.74 Å². The van der Waals surface area contributed by atoms with E-state index in [1.165, 1.54) is 7.05 Å². The molecular weight excluding hydrogens is 390 g/mol. The lowest BCUT2D eigenvalue weighted by molar-refractivity contribution is -0.130. The minimum Gasteiger partial charge on any atom is -0.479 e. The summed E-state index contributed by atoms with van der Waals surface area (Å²) in [6.07, 6.45) is -0.746. The van der Waals surface area contributed by atoms with Crippen LogP contribution in [0.4, 0.5) is 0 Å². The van der Waals surface area contributed by atoms with Gasteiger partial charge in [-0.1, -0.05) is 50.2 Å². The van der Waals surface area contributed by atoms with Crippen molar-refractivity contribution in [2.24, 2.45) is 5.92 Å². The average molecular weight is 416 g/mol. The second-order valence-corrected chi connectivity index (χ2v) is 8.81. The summed E-state index contributed by atoms with van der Waals surface area (Å²) in [6, 6.07) is 15.8. The molecule has 0 fully saturated rings. The Labute approximate surface area is 171 Å². The van der Waals surface area contributed by atoms with E-state index in [0.29, 0.717) is 16.9 Å². The molecule has 2 rings (SSSR count). The maximum absolute atomic E-state index is 12.6. The molecule has 0 spiro atoms. The van der Waals surface area contributed by atoms with Gasteiger partial charge in [0.1, 0.15) is 11.8 Å². The lowest BCUT2D eigenvalue weighted by Crippen LogP contribution is -2.41. The van der Waals surface area contributed by atoms with Crippen molar-refractivity contribution in [3.8, 4) is 11.8 Å². The Bertz CT molecular complexity index is 980. The van der Waals surface area contributed by atoms with Crippen LogP contribution in [-0.2, 0) is 27.1 Å². The fraction of sp³-hybridized carbons (Fsp3) is 0.333. The van der Waals surface area contributed by atoms with E-state index in [2.05, 4.69) is 16.1 Å². The number of hydrogen-bond acceptors (Lipinski definition) is 5. The van der Waals surface area contributed by atoms with E-state index >= 15 is 0 Å². The normalized spacial score (nSPS) is 12.2. The summed E-state index contributed by atoms with van der Waals surface area (Å²) in [5.41, 5.74) is 1.87. The number of nitrogens with one attached hydrogen (secondary N) is 2. The van der Waals surface area contributed by atoms with Gasteiger partial charge in [0.25, 0.3) is 5.91 Å². The van der Waals surface area contributed by atoms with E-state index in [0.717, 1.165) is 5.56 Å². The number of ether oxygens (including phenoxy) is 1. The quantitative estimate of drug-likeness (QED) is 0.653. The highest BCUT2D eigenvalue weighted by molar-refractivity contribution is 7.88. The van der Waals surface area contributed by atoms with Gasteiger partial charge in [-0.15, -0.1) is 0 Å². The first-order valence-corrected chi connectivity index (χ1v) is 10.8. The van der Waals surface area contributed by atoms with E-state index in [-0.39, 0.29) is 24.1 Å². The molecule has 8 heteroatoms. The first kappa shape index (κ1) is 22.4. The van der Waals surface area contributed by atoms with E-state index in [1.807, 2.05) is 13.8 Å². The molecule has 1 amide bonds. The predicted octanol–water partition coefficient (Wildman–Crippen LogP) is 2.33. The van der Waals surface area contributed by atoms with Crippen LogP contribution >= 0.6 is 0 Å². The summed E-state index contributed by atoms with van der Waals surface area (Å²) in [6.45, 7) is 4.02. The van der Waals surface area contributed by atoms with Crippen LogP contribution in [0.25, 0.3) is 0 Å². The number of sulfonamides is 1. The molecule has 0 aromatic heterocycles. The maximum Gasteiger partial charge on any atom is 0.261 e. The van der Waals surface area contributed by atoms with Crippen molar-refractivity contribution in [3.05, 3.63) is 65.2 Å². The average Bonchev–Trinajstić information content (AvgIpc) is 2.71. The molecule has 1 atom stereocenters. The zero-order valence-electron chi connectivity index (χ0n) is 16.7. The topological polar surface area (TPSA) is 108 Å². The van der Waals surface area contributed by atoms with Gasteiger partial charge in [0.2, 0.25) is 10.0 Å². The third-order valence-corrected chi connectivity index (χ3v) is 5.62. The molecule has 2 aromatic carbocycles. The molecule has 0 bridgehead atoms. The molecule has 0 aliphatic rings. The molecular formula is C21H25N3O4S. The number of nitrogens with zero attached hydrogens (tertiary/aromatic N) is 1. The molecule has 2 N–H and O–H groups in total. The second-order valence-electron chi connectivity index (χ2n) is 6.89. The van der Waals surface area contributed by atoms with Crippen LogP contribution in [0.15, 0.2) is 48.5 Å². The minimum atomic E-state index is -3.33. The number of nitriles is 1. The van der Waals surface area contributed by atoms with Gasteiger partial charge >= 0.3 is 0 Å². The number of rotatable bonds is 9. The summed E-state index contributed by atoms with van der Waals surface area (Å²) < 4.78 is 31.3. The Balaban J connectivity index is 2.01. The highest BCUT2D eigenvalue weighted by Crippen LogP contribution is 2.21. The van der Waals surface area contributed by atoms with E-state index < -0.39 is 16.1 Å². The standard InChI is InChI=1S/C21H25N3O4S/c1-15(2)20(28-19-7-5-4-6-18(19)12-22)21(25)24-13-16-8-10-17(11-9-16)14-29(26,27)23-3/h4-11,15,20,23H,13-14H2,1-3H3,(H,24,25). The number of benzene rings is 2. The third-order valence-electron chi connectivity index (χ3n) is 4.28. The van der Waals surface area contributed by atoms with Crippen LogP contribution in [-0.4, -0.2) is 27.5 Å². The summed E-state index contributed by atoms with van der Waals surface area (Å²) >= 11 is 0. The van der Waals surface area contributed by atoms with E-state index in [1.54, 1.807) is 48.5 Å². The lowest BCUT2D eigenvalue weighted by atomic mass is 10.1. The maximum atomic E-state index is 12.6. The van der Waals surface area contributed by atoms with Crippen LogP contribution in [0.5, 0.6) is 5.75 Å². The zero-order chi connectivity index (χ0) is 21.4. The van der Waals surface area contributed by atoms with Gasteiger partial charge in [-0.2, -0.15) is 5.26 Å². The molecule has 0 heterocycles. The number of carbonyl (C=O) groups excluding carboxylic acids is 1.